The maximum atomic E-state index is 12.3. The lowest BCUT2D eigenvalue weighted by molar-refractivity contribution is -0.133. The third-order valence-electron chi connectivity index (χ3n) is 6.12. The van der Waals surface area contributed by atoms with Crippen LogP contribution in [-0.4, -0.2) is 110 Å². The lowest BCUT2D eigenvalue weighted by Crippen LogP contribution is -2.50. The average Bonchev–Trinajstić information content (AvgIpc) is 3.21. The smallest absolute Gasteiger partial charge is 0.410 e. The molecule has 0 aromatic rings. The van der Waals surface area contributed by atoms with Crippen LogP contribution in [0.5, 0.6) is 0 Å². The first kappa shape index (κ1) is 25.2. The van der Waals surface area contributed by atoms with E-state index < -0.39 is 5.60 Å². The zero-order chi connectivity index (χ0) is 18.7. The van der Waals surface area contributed by atoms with Gasteiger partial charge < -0.3 is 30.1 Å². The van der Waals surface area contributed by atoms with Crippen LogP contribution in [0.2, 0.25) is 0 Å². The molecule has 0 radical (unpaired) electrons. The Bertz CT molecular complexity index is 529. The van der Waals surface area contributed by atoms with Crippen molar-refractivity contribution < 1.29 is 14.3 Å². The Morgan fingerprint density at radius 3 is 2.46 bits per heavy atom. The van der Waals surface area contributed by atoms with E-state index >= 15 is 0 Å². The number of halogens is 2. The van der Waals surface area contributed by atoms with Crippen molar-refractivity contribution in [3.63, 3.8) is 0 Å². The van der Waals surface area contributed by atoms with Crippen molar-refractivity contribution in [1.29, 1.82) is 0 Å². The fourth-order valence-corrected chi connectivity index (χ4v) is 4.34. The number of amides is 2. The van der Waals surface area contributed by atoms with Crippen LogP contribution in [0.25, 0.3) is 0 Å². The van der Waals surface area contributed by atoms with Crippen LogP contribution in [0.3, 0.4) is 0 Å². The van der Waals surface area contributed by atoms with Gasteiger partial charge in [-0.05, 0) is 40.0 Å². The molecule has 2 N–H and O–H groups in total. The number of likely N-dealkylation sites (N-methyl/N-ethyl adjacent to an activating group) is 1. The van der Waals surface area contributed by atoms with Crippen molar-refractivity contribution in [2.75, 3.05) is 66.5 Å². The number of piperidine rings is 1. The molecule has 0 bridgehead atoms. The van der Waals surface area contributed by atoms with E-state index in [4.69, 9.17) is 10.5 Å². The van der Waals surface area contributed by atoms with Crippen LogP contribution < -0.4 is 5.73 Å². The zero-order valence-corrected chi connectivity index (χ0v) is 18.6. The molecule has 0 saturated carbocycles. The lowest BCUT2D eigenvalue weighted by Gasteiger charge is -2.37. The van der Waals surface area contributed by atoms with Crippen LogP contribution in [0.4, 0.5) is 4.79 Å². The Labute approximate surface area is 180 Å². The van der Waals surface area contributed by atoms with Crippen molar-refractivity contribution >= 4 is 36.8 Å². The highest BCUT2D eigenvalue weighted by atomic mass is 35.5. The number of carbonyl (C=O) groups excluding carboxylic acids is 2. The van der Waals surface area contributed by atoms with Gasteiger partial charge in [0.25, 0.3) is 0 Å². The molecular weight excluding hydrogens is 405 g/mol. The first-order valence-electron chi connectivity index (χ1n) is 9.77. The predicted molar refractivity (Wildman–Crippen MR) is 113 cm³/mol. The number of rotatable bonds is 6. The molecule has 1 spiro atoms. The van der Waals surface area contributed by atoms with E-state index in [1.54, 1.807) is 4.90 Å². The van der Waals surface area contributed by atoms with Gasteiger partial charge in [-0.1, -0.05) is 0 Å². The molecule has 3 rings (SSSR count). The number of ether oxygens (including phenoxy) is 1. The second kappa shape index (κ2) is 10.8. The second-order valence-corrected chi connectivity index (χ2v) is 8.12. The molecule has 3 heterocycles. The summed E-state index contributed by atoms with van der Waals surface area (Å²) in [6.07, 6.45) is 3.41. The van der Waals surface area contributed by atoms with Gasteiger partial charge in [0.2, 0.25) is 5.91 Å². The van der Waals surface area contributed by atoms with Gasteiger partial charge in [0.05, 0.1) is 13.1 Å². The van der Waals surface area contributed by atoms with Crippen molar-refractivity contribution in [2.45, 2.75) is 37.3 Å². The van der Waals surface area contributed by atoms with Gasteiger partial charge in [-0.2, -0.15) is 0 Å². The number of likely N-dealkylation sites (tertiary alicyclic amines) is 2. The van der Waals surface area contributed by atoms with Crippen LogP contribution in [0.15, 0.2) is 0 Å². The zero-order valence-electron chi connectivity index (χ0n) is 17.0. The normalized spacial score (nSPS) is 24.3. The minimum Gasteiger partial charge on any atom is -0.441 e. The first-order valence-corrected chi connectivity index (χ1v) is 9.77. The van der Waals surface area contributed by atoms with Crippen molar-refractivity contribution in [3.8, 4) is 0 Å². The summed E-state index contributed by atoms with van der Waals surface area (Å²) in [6, 6.07) is 0.649. The van der Waals surface area contributed by atoms with E-state index in [-0.39, 0.29) is 43.4 Å². The molecule has 28 heavy (non-hydrogen) atoms. The van der Waals surface area contributed by atoms with E-state index in [9.17, 15) is 9.59 Å². The summed E-state index contributed by atoms with van der Waals surface area (Å²) in [5.41, 5.74) is 5.02. The Kier molecular flexibility index (Phi) is 9.76. The molecule has 164 valence electrons. The topological polar surface area (TPSA) is 82.3 Å². The highest BCUT2D eigenvalue weighted by Crippen LogP contribution is 2.33. The van der Waals surface area contributed by atoms with Crippen molar-refractivity contribution in [2.24, 2.45) is 5.73 Å². The van der Waals surface area contributed by atoms with Crippen molar-refractivity contribution in [3.05, 3.63) is 0 Å². The molecule has 3 saturated heterocycles. The summed E-state index contributed by atoms with van der Waals surface area (Å²) >= 11 is 0. The van der Waals surface area contributed by atoms with Crippen LogP contribution in [-0.2, 0) is 9.53 Å². The molecule has 8 nitrogen and oxygen atoms in total. The van der Waals surface area contributed by atoms with Gasteiger partial charge in [0, 0.05) is 45.1 Å². The third kappa shape index (κ3) is 5.86. The summed E-state index contributed by atoms with van der Waals surface area (Å²) in [7, 11) is 4.28. The number of nitrogens with zero attached hydrogens (tertiary/aromatic N) is 4. The van der Waals surface area contributed by atoms with E-state index in [1.807, 2.05) is 4.90 Å². The minimum atomic E-state index is -0.411. The molecule has 1 atom stereocenters. The molecule has 3 fully saturated rings. The summed E-state index contributed by atoms with van der Waals surface area (Å²) < 4.78 is 5.73. The number of hydrogen-bond acceptors (Lipinski definition) is 6. The minimum absolute atomic E-state index is 0. The highest BCUT2D eigenvalue weighted by molar-refractivity contribution is 5.85. The Balaban J connectivity index is 0.00000196. The van der Waals surface area contributed by atoms with E-state index in [0.29, 0.717) is 38.5 Å². The molecule has 3 aliphatic heterocycles. The predicted octanol–water partition coefficient (Wildman–Crippen LogP) is 0.628. The summed E-state index contributed by atoms with van der Waals surface area (Å²) in [4.78, 5) is 32.4. The largest absolute Gasteiger partial charge is 0.441 e. The third-order valence-corrected chi connectivity index (χ3v) is 6.12. The molecule has 0 aromatic carbocycles. The molecular formula is C18H35Cl2N5O3. The van der Waals surface area contributed by atoms with Gasteiger partial charge >= 0.3 is 6.09 Å². The fraction of sp³-hybridized carbons (Fsp3) is 0.889. The maximum absolute atomic E-state index is 12.3. The van der Waals surface area contributed by atoms with Gasteiger partial charge in [-0.15, -0.1) is 24.8 Å². The Hall–Kier alpha value is -0.800. The van der Waals surface area contributed by atoms with Crippen LogP contribution >= 0.6 is 24.8 Å². The Morgan fingerprint density at radius 1 is 1.21 bits per heavy atom. The van der Waals surface area contributed by atoms with Crippen molar-refractivity contribution in [1.82, 2.24) is 19.6 Å². The Morgan fingerprint density at radius 2 is 1.89 bits per heavy atom. The van der Waals surface area contributed by atoms with Crippen LogP contribution in [0, 0.1) is 0 Å². The molecule has 2 amide bonds. The lowest BCUT2D eigenvalue weighted by atomic mass is 9.91. The SMILES string of the molecule is CN(C)C1CCN(CCCN2CC3(CCN(C(=O)CN)CC3)OC2=O)C1.Cl.Cl. The number of hydrogen-bond donors (Lipinski definition) is 1. The fourth-order valence-electron chi connectivity index (χ4n) is 4.34. The molecule has 0 aliphatic carbocycles. The highest BCUT2D eigenvalue weighted by Gasteiger charge is 2.47. The van der Waals surface area contributed by atoms with E-state index in [0.717, 1.165) is 32.6 Å². The molecule has 10 heteroatoms. The summed E-state index contributed by atoms with van der Waals surface area (Å²) in [5, 5.41) is 0. The molecule has 1 unspecified atom stereocenters. The quantitative estimate of drug-likeness (QED) is 0.653. The standard InChI is InChI=1S/C18H33N5O3.2ClH/c1-20(2)15-4-9-21(13-15)7-3-8-23-14-18(26-17(23)25)5-10-22(11-6-18)16(24)12-19;;/h15H,3-14,19H2,1-2H3;2*1H. The maximum Gasteiger partial charge on any atom is 0.410 e. The van der Waals surface area contributed by atoms with E-state index in [2.05, 4.69) is 23.9 Å². The van der Waals surface area contributed by atoms with Gasteiger partial charge in [0.15, 0.2) is 0 Å². The summed E-state index contributed by atoms with van der Waals surface area (Å²) in [5.74, 6) is -0.0253. The number of carbonyl (C=O) groups is 2. The number of nitrogens with two attached hydrogens (primary N) is 1. The van der Waals surface area contributed by atoms with Gasteiger partial charge in [-0.25, -0.2) is 4.79 Å². The van der Waals surface area contributed by atoms with Gasteiger partial charge in [-0.3, -0.25) is 4.79 Å². The molecule has 3 aliphatic rings. The second-order valence-electron chi connectivity index (χ2n) is 8.12. The first-order chi connectivity index (χ1) is 12.4. The van der Waals surface area contributed by atoms with E-state index in [1.165, 1.54) is 6.42 Å². The monoisotopic (exact) mass is 439 g/mol. The van der Waals surface area contributed by atoms with Crippen LogP contribution in [0.1, 0.15) is 25.7 Å². The molecule has 0 aromatic heterocycles. The summed E-state index contributed by atoms with van der Waals surface area (Å²) in [6.45, 7) is 5.97. The average molecular weight is 440 g/mol. The van der Waals surface area contributed by atoms with Gasteiger partial charge in [0.1, 0.15) is 5.60 Å².